The van der Waals surface area contributed by atoms with Crippen LogP contribution in [0, 0.1) is 13.8 Å². The number of rotatable bonds is 4. The van der Waals surface area contributed by atoms with E-state index in [1.807, 2.05) is 18.2 Å². The summed E-state index contributed by atoms with van der Waals surface area (Å²) < 4.78 is 10.6. The Hall–Kier alpha value is -1.19. The van der Waals surface area contributed by atoms with Gasteiger partial charge in [0.15, 0.2) is 0 Å². The van der Waals surface area contributed by atoms with Gasteiger partial charge in [0.1, 0.15) is 11.5 Å². The van der Waals surface area contributed by atoms with Crippen molar-refractivity contribution in [3.63, 3.8) is 0 Å². The van der Waals surface area contributed by atoms with E-state index in [4.69, 9.17) is 21.1 Å². The van der Waals surface area contributed by atoms with Gasteiger partial charge < -0.3 is 9.47 Å². The average Bonchev–Trinajstić information content (AvgIpc) is 2.77. The van der Waals surface area contributed by atoms with E-state index >= 15 is 0 Å². The van der Waals surface area contributed by atoms with Crippen molar-refractivity contribution in [2.75, 3.05) is 14.2 Å². The van der Waals surface area contributed by atoms with Gasteiger partial charge in [-0.15, -0.1) is 22.9 Å². The average molecular weight is 297 g/mol. The fourth-order valence-electron chi connectivity index (χ4n) is 1.92. The summed E-state index contributed by atoms with van der Waals surface area (Å²) in [5, 5.41) is -0.220. The van der Waals surface area contributed by atoms with Crippen LogP contribution in [0.3, 0.4) is 0 Å². The van der Waals surface area contributed by atoms with E-state index in [-0.39, 0.29) is 5.38 Å². The first-order chi connectivity index (χ1) is 9.06. The molecule has 1 aromatic heterocycles. The van der Waals surface area contributed by atoms with Crippen LogP contribution in [0.15, 0.2) is 24.3 Å². The maximum Gasteiger partial charge on any atom is 0.124 e. The molecule has 0 saturated carbocycles. The fraction of sp³-hybridized carbons (Fsp3) is 0.333. The SMILES string of the molecule is COc1ccc(OC)c(C(Cl)c2cc(C)c(C)s2)c1. The minimum absolute atomic E-state index is 0.220. The third kappa shape index (κ3) is 2.88. The van der Waals surface area contributed by atoms with E-state index in [2.05, 4.69) is 19.9 Å². The number of ether oxygens (including phenoxy) is 2. The number of hydrogen-bond acceptors (Lipinski definition) is 3. The van der Waals surface area contributed by atoms with Gasteiger partial charge >= 0.3 is 0 Å². The van der Waals surface area contributed by atoms with Crippen LogP contribution in [0.2, 0.25) is 0 Å². The summed E-state index contributed by atoms with van der Waals surface area (Å²) in [5.41, 5.74) is 2.21. The highest BCUT2D eigenvalue weighted by atomic mass is 35.5. The summed E-state index contributed by atoms with van der Waals surface area (Å²) in [6.07, 6.45) is 0. The number of aryl methyl sites for hydroxylation is 2. The fourth-order valence-corrected chi connectivity index (χ4v) is 3.32. The van der Waals surface area contributed by atoms with E-state index in [0.29, 0.717) is 0 Å². The lowest BCUT2D eigenvalue weighted by Gasteiger charge is -2.14. The molecule has 1 unspecified atom stereocenters. The third-order valence-corrected chi connectivity index (χ3v) is 4.96. The first-order valence-corrected chi connectivity index (χ1v) is 7.25. The van der Waals surface area contributed by atoms with E-state index in [0.717, 1.165) is 21.9 Å². The van der Waals surface area contributed by atoms with Crippen LogP contribution >= 0.6 is 22.9 Å². The second kappa shape index (κ2) is 5.85. The normalized spacial score (nSPS) is 12.3. The Morgan fingerprint density at radius 2 is 1.84 bits per heavy atom. The summed E-state index contributed by atoms with van der Waals surface area (Å²) in [7, 11) is 3.30. The Kier molecular flexibility index (Phi) is 4.38. The molecule has 4 heteroatoms. The van der Waals surface area contributed by atoms with Crippen LogP contribution in [0.1, 0.15) is 26.3 Å². The first kappa shape index (κ1) is 14.2. The van der Waals surface area contributed by atoms with E-state index < -0.39 is 0 Å². The number of halogens is 1. The van der Waals surface area contributed by atoms with E-state index in [1.165, 1.54) is 10.4 Å². The molecule has 0 saturated heterocycles. The van der Waals surface area contributed by atoms with Crippen LogP contribution in [0.25, 0.3) is 0 Å². The predicted molar refractivity (Wildman–Crippen MR) is 81.0 cm³/mol. The Bertz CT molecular complexity index is 558. The van der Waals surface area contributed by atoms with Gasteiger partial charge in [0.25, 0.3) is 0 Å². The van der Waals surface area contributed by atoms with Gasteiger partial charge in [0.2, 0.25) is 0 Å². The maximum absolute atomic E-state index is 6.60. The second-order valence-corrected chi connectivity index (χ2v) is 6.08. The molecule has 0 amide bonds. The molecule has 0 N–H and O–H groups in total. The quantitative estimate of drug-likeness (QED) is 0.761. The minimum atomic E-state index is -0.220. The molecule has 0 radical (unpaired) electrons. The monoisotopic (exact) mass is 296 g/mol. The predicted octanol–water partition coefficient (Wildman–Crippen LogP) is 4.71. The molecular formula is C15H17ClO2S. The van der Waals surface area contributed by atoms with Crippen molar-refractivity contribution in [1.82, 2.24) is 0 Å². The van der Waals surface area contributed by atoms with E-state index in [1.54, 1.807) is 25.6 Å². The van der Waals surface area contributed by atoms with Gasteiger partial charge in [-0.05, 0) is 43.7 Å². The third-order valence-electron chi connectivity index (χ3n) is 3.14. The van der Waals surface area contributed by atoms with Crippen LogP contribution in [0.4, 0.5) is 0 Å². The second-order valence-electron chi connectivity index (χ2n) is 4.36. The molecule has 0 fully saturated rings. The van der Waals surface area contributed by atoms with Crippen molar-refractivity contribution < 1.29 is 9.47 Å². The molecule has 2 rings (SSSR count). The first-order valence-electron chi connectivity index (χ1n) is 5.99. The number of benzene rings is 1. The molecule has 0 spiro atoms. The smallest absolute Gasteiger partial charge is 0.124 e. The molecule has 0 aliphatic heterocycles. The van der Waals surface area contributed by atoms with E-state index in [9.17, 15) is 0 Å². The zero-order valence-electron chi connectivity index (χ0n) is 11.5. The van der Waals surface area contributed by atoms with Crippen LogP contribution in [-0.4, -0.2) is 14.2 Å². The summed E-state index contributed by atoms with van der Waals surface area (Å²) in [6.45, 7) is 4.21. The Morgan fingerprint density at radius 3 is 2.37 bits per heavy atom. The molecule has 0 aliphatic carbocycles. The molecule has 2 nitrogen and oxygen atoms in total. The largest absolute Gasteiger partial charge is 0.497 e. The molecule has 1 atom stereocenters. The molecule has 1 aromatic carbocycles. The number of methoxy groups -OCH3 is 2. The van der Waals surface area contributed by atoms with Crippen molar-refractivity contribution in [3.8, 4) is 11.5 Å². The minimum Gasteiger partial charge on any atom is -0.497 e. The number of hydrogen-bond donors (Lipinski definition) is 0. The lowest BCUT2D eigenvalue weighted by Crippen LogP contribution is -1.97. The molecule has 0 bridgehead atoms. The highest BCUT2D eigenvalue weighted by Crippen LogP contribution is 2.40. The van der Waals surface area contributed by atoms with Crippen LogP contribution in [0.5, 0.6) is 11.5 Å². The zero-order chi connectivity index (χ0) is 14.0. The Balaban J connectivity index is 2.44. The van der Waals surface area contributed by atoms with Gasteiger partial charge in [-0.3, -0.25) is 0 Å². The summed E-state index contributed by atoms with van der Waals surface area (Å²) >= 11 is 8.33. The van der Waals surface area contributed by atoms with Crippen molar-refractivity contribution in [3.05, 3.63) is 45.1 Å². The molecule has 2 aromatic rings. The van der Waals surface area contributed by atoms with Gasteiger partial charge in [-0.25, -0.2) is 0 Å². The van der Waals surface area contributed by atoms with Gasteiger partial charge in [0, 0.05) is 15.3 Å². The van der Waals surface area contributed by atoms with Crippen molar-refractivity contribution in [2.45, 2.75) is 19.2 Å². The lowest BCUT2D eigenvalue weighted by atomic mass is 10.1. The molecule has 0 aliphatic rings. The van der Waals surface area contributed by atoms with Crippen molar-refractivity contribution in [2.24, 2.45) is 0 Å². The van der Waals surface area contributed by atoms with Crippen LogP contribution in [-0.2, 0) is 0 Å². The molecule has 102 valence electrons. The number of alkyl halides is 1. The summed E-state index contributed by atoms with van der Waals surface area (Å²) in [6, 6.07) is 7.82. The van der Waals surface area contributed by atoms with Gasteiger partial charge in [-0.2, -0.15) is 0 Å². The van der Waals surface area contributed by atoms with Crippen molar-refractivity contribution >= 4 is 22.9 Å². The Morgan fingerprint density at radius 1 is 1.11 bits per heavy atom. The lowest BCUT2D eigenvalue weighted by molar-refractivity contribution is 0.399. The van der Waals surface area contributed by atoms with Crippen molar-refractivity contribution in [1.29, 1.82) is 0 Å². The standard InChI is InChI=1S/C15H17ClO2S/c1-9-7-14(19-10(9)2)15(16)12-8-11(17-3)5-6-13(12)18-4/h5-8,15H,1-4H3. The molecular weight excluding hydrogens is 280 g/mol. The maximum atomic E-state index is 6.60. The summed E-state index contributed by atoms with van der Waals surface area (Å²) in [5.74, 6) is 1.57. The number of thiophene rings is 1. The Labute approximate surface area is 122 Å². The highest BCUT2D eigenvalue weighted by molar-refractivity contribution is 7.12. The zero-order valence-corrected chi connectivity index (χ0v) is 13.1. The van der Waals surface area contributed by atoms with Gasteiger partial charge in [-0.1, -0.05) is 0 Å². The summed E-state index contributed by atoms with van der Waals surface area (Å²) in [4.78, 5) is 2.42. The molecule has 19 heavy (non-hydrogen) atoms. The molecule has 1 heterocycles. The topological polar surface area (TPSA) is 18.5 Å². The van der Waals surface area contributed by atoms with Crippen LogP contribution < -0.4 is 9.47 Å². The van der Waals surface area contributed by atoms with Gasteiger partial charge in [0.05, 0.1) is 19.6 Å². The highest BCUT2D eigenvalue weighted by Gasteiger charge is 2.19.